The molecule has 0 saturated heterocycles. The lowest BCUT2D eigenvalue weighted by Gasteiger charge is -2.29. The number of nitrogens with zero attached hydrogens (tertiary/aromatic N) is 1. The molecule has 0 bridgehead atoms. The van der Waals surface area contributed by atoms with Gasteiger partial charge in [-0.25, -0.2) is 9.18 Å². The minimum atomic E-state index is -4.78. The zero-order chi connectivity index (χ0) is 21.2. The van der Waals surface area contributed by atoms with Gasteiger partial charge in [-0.2, -0.15) is 13.2 Å². The van der Waals surface area contributed by atoms with Crippen LogP contribution in [0.2, 0.25) is 0 Å². The zero-order valence-electron chi connectivity index (χ0n) is 15.1. The highest BCUT2D eigenvalue weighted by Crippen LogP contribution is 2.34. The number of ether oxygens (including phenoxy) is 1. The highest BCUT2D eigenvalue weighted by Gasteiger charge is 2.34. The van der Waals surface area contributed by atoms with Crippen molar-refractivity contribution in [2.45, 2.75) is 19.1 Å². The molecule has 2 aromatic carbocycles. The second-order valence-corrected chi connectivity index (χ2v) is 6.46. The molecule has 1 aliphatic heterocycles. The van der Waals surface area contributed by atoms with E-state index in [2.05, 4.69) is 5.32 Å². The minimum Gasteiger partial charge on any atom is -0.457 e. The second kappa shape index (κ2) is 7.98. The summed E-state index contributed by atoms with van der Waals surface area (Å²) in [6, 6.07) is 6.59. The first kappa shape index (κ1) is 20.4. The van der Waals surface area contributed by atoms with Crippen LogP contribution in [-0.2, 0) is 23.9 Å². The molecule has 0 radical (unpaired) electrons. The van der Waals surface area contributed by atoms with Gasteiger partial charge in [-0.1, -0.05) is 6.07 Å². The lowest BCUT2D eigenvalue weighted by Crippen LogP contribution is -2.43. The van der Waals surface area contributed by atoms with Crippen LogP contribution < -0.4 is 15.8 Å². The number of nitrogens with two attached hydrogens (primary N) is 1. The maximum Gasteiger partial charge on any atom is 0.419 e. The molecular formula is C19H17F4N3O3. The maximum atomic E-state index is 13.7. The van der Waals surface area contributed by atoms with Crippen LogP contribution in [0, 0.1) is 5.82 Å². The normalized spacial score (nSPS) is 13.6. The van der Waals surface area contributed by atoms with Gasteiger partial charge >= 0.3 is 12.2 Å². The average Bonchev–Trinajstić information content (AvgIpc) is 2.64. The Bertz CT molecular complexity index is 947. The summed E-state index contributed by atoms with van der Waals surface area (Å²) in [7, 11) is 0. The molecule has 0 fully saturated rings. The van der Waals surface area contributed by atoms with Crippen molar-refractivity contribution < 1.29 is 31.9 Å². The lowest BCUT2D eigenvalue weighted by atomic mass is 9.99. The Kier molecular flexibility index (Phi) is 5.62. The Morgan fingerprint density at radius 2 is 1.79 bits per heavy atom. The van der Waals surface area contributed by atoms with Crippen molar-refractivity contribution in [1.82, 2.24) is 10.2 Å². The Morgan fingerprint density at radius 1 is 1.10 bits per heavy atom. The highest BCUT2D eigenvalue weighted by atomic mass is 19.4. The molecule has 0 saturated carbocycles. The van der Waals surface area contributed by atoms with Crippen molar-refractivity contribution in [2.24, 2.45) is 5.73 Å². The SMILES string of the molecule is NC(=O)NCC(=O)N1CCc2ccc(Oc3ccc(C(F)(F)F)c(F)c3)cc2C1. The molecule has 154 valence electrons. The van der Waals surface area contributed by atoms with E-state index in [1.54, 1.807) is 23.1 Å². The van der Waals surface area contributed by atoms with E-state index in [1.165, 1.54) is 0 Å². The van der Waals surface area contributed by atoms with Crippen LogP contribution in [-0.4, -0.2) is 29.9 Å². The van der Waals surface area contributed by atoms with Gasteiger partial charge in [-0.15, -0.1) is 0 Å². The van der Waals surface area contributed by atoms with Gasteiger partial charge in [0.05, 0.1) is 12.1 Å². The van der Waals surface area contributed by atoms with Gasteiger partial charge in [-0.3, -0.25) is 4.79 Å². The number of benzene rings is 2. The fourth-order valence-corrected chi connectivity index (χ4v) is 3.01. The van der Waals surface area contributed by atoms with Crippen LogP contribution in [0.1, 0.15) is 16.7 Å². The molecule has 10 heteroatoms. The molecule has 0 atom stereocenters. The van der Waals surface area contributed by atoms with Crippen molar-refractivity contribution in [2.75, 3.05) is 13.1 Å². The number of carbonyl (C=O) groups excluding carboxylic acids is 2. The number of carbonyl (C=O) groups is 2. The summed E-state index contributed by atoms with van der Waals surface area (Å²) in [4.78, 5) is 24.4. The molecule has 2 aromatic rings. The van der Waals surface area contributed by atoms with Crippen molar-refractivity contribution in [1.29, 1.82) is 0 Å². The molecule has 0 aliphatic carbocycles. The predicted molar refractivity (Wildman–Crippen MR) is 94.6 cm³/mol. The number of amides is 3. The summed E-state index contributed by atoms with van der Waals surface area (Å²) >= 11 is 0. The zero-order valence-corrected chi connectivity index (χ0v) is 15.1. The number of fused-ring (bicyclic) bond motifs is 1. The standard InChI is InChI=1S/C19H17F4N3O3/c20-16-8-14(3-4-15(16)19(21,22)23)29-13-2-1-11-5-6-26(10-12(11)7-13)17(27)9-25-18(24)28/h1-4,7-8H,5-6,9-10H2,(H3,24,25,28). The number of nitrogens with one attached hydrogen (secondary N) is 1. The molecule has 3 amide bonds. The largest absolute Gasteiger partial charge is 0.457 e. The Morgan fingerprint density at radius 3 is 2.45 bits per heavy atom. The molecule has 3 N–H and O–H groups in total. The first-order valence-electron chi connectivity index (χ1n) is 8.61. The summed E-state index contributed by atoms with van der Waals surface area (Å²) < 4.78 is 57.2. The number of hydrogen-bond donors (Lipinski definition) is 2. The summed E-state index contributed by atoms with van der Waals surface area (Å²) in [5.74, 6) is -1.51. The lowest BCUT2D eigenvalue weighted by molar-refractivity contribution is -0.140. The number of halogens is 4. The number of primary amides is 1. The first-order chi connectivity index (χ1) is 13.6. The van der Waals surface area contributed by atoms with Crippen molar-refractivity contribution in [3.63, 3.8) is 0 Å². The molecule has 0 unspecified atom stereocenters. The number of rotatable bonds is 4. The van der Waals surface area contributed by atoms with Crippen molar-refractivity contribution >= 4 is 11.9 Å². The Hall–Kier alpha value is -3.30. The predicted octanol–water partition coefficient (Wildman–Crippen LogP) is 3.19. The van der Waals surface area contributed by atoms with Crippen LogP contribution in [0.5, 0.6) is 11.5 Å². The summed E-state index contributed by atoms with van der Waals surface area (Å²) in [6.45, 7) is 0.523. The van der Waals surface area contributed by atoms with E-state index in [-0.39, 0.29) is 24.7 Å². The fraction of sp³-hybridized carbons (Fsp3) is 0.263. The van der Waals surface area contributed by atoms with Gasteiger partial charge in [0, 0.05) is 19.2 Å². The van der Waals surface area contributed by atoms with Crippen LogP contribution in [0.4, 0.5) is 22.4 Å². The maximum absolute atomic E-state index is 13.7. The van der Waals surface area contributed by atoms with Gasteiger partial charge in [0.2, 0.25) is 5.91 Å². The van der Waals surface area contributed by atoms with E-state index in [9.17, 15) is 27.2 Å². The van der Waals surface area contributed by atoms with Gasteiger partial charge < -0.3 is 20.7 Å². The van der Waals surface area contributed by atoms with E-state index in [0.29, 0.717) is 30.8 Å². The van der Waals surface area contributed by atoms with Crippen molar-refractivity contribution in [3.05, 3.63) is 58.9 Å². The van der Waals surface area contributed by atoms with Crippen LogP contribution in [0.3, 0.4) is 0 Å². The monoisotopic (exact) mass is 411 g/mol. The van der Waals surface area contributed by atoms with Gasteiger partial charge in [-0.05, 0) is 41.8 Å². The summed E-state index contributed by atoms with van der Waals surface area (Å²) in [6.07, 6.45) is -4.19. The Balaban J connectivity index is 1.72. The Labute approximate surface area is 163 Å². The highest BCUT2D eigenvalue weighted by molar-refractivity contribution is 5.83. The third kappa shape index (κ3) is 4.95. The van der Waals surface area contributed by atoms with E-state index in [0.717, 1.165) is 17.2 Å². The van der Waals surface area contributed by atoms with Crippen LogP contribution in [0.25, 0.3) is 0 Å². The molecule has 29 heavy (non-hydrogen) atoms. The third-order valence-electron chi connectivity index (χ3n) is 4.44. The quantitative estimate of drug-likeness (QED) is 0.758. The number of hydrogen-bond acceptors (Lipinski definition) is 3. The topological polar surface area (TPSA) is 84.7 Å². The van der Waals surface area contributed by atoms with E-state index in [4.69, 9.17) is 10.5 Å². The number of urea groups is 1. The van der Waals surface area contributed by atoms with E-state index < -0.39 is 23.6 Å². The summed E-state index contributed by atoms with van der Waals surface area (Å²) in [5, 5.41) is 2.24. The smallest absolute Gasteiger partial charge is 0.419 e. The molecule has 1 heterocycles. The molecule has 3 rings (SSSR count). The third-order valence-corrected chi connectivity index (χ3v) is 4.44. The van der Waals surface area contributed by atoms with Gasteiger partial charge in [0.1, 0.15) is 17.3 Å². The van der Waals surface area contributed by atoms with E-state index in [1.807, 2.05) is 0 Å². The van der Waals surface area contributed by atoms with Crippen LogP contribution in [0.15, 0.2) is 36.4 Å². The van der Waals surface area contributed by atoms with Gasteiger partial charge in [0.25, 0.3) is 0 Å². The average molecular weight is 411 g/mol. The fourth-order valence-electron chi connectivity index (χ4n) is 3.01. The van der Waals surface area contributed by atoms with Gasteiger partial charge in [0.15, 0.2) is 0 Å². The van der Waals surface area contributed by atoms with Crippen molar-refractivity contribution in [3.8, 4) is 11.5 Å². The molecule has 1 aliphatic rings. The molecular weight excluding hydrogens is 394 g/mol. The van der Waals surface area contributed by atoms with Crippen LogP contribution >= 0.6 is 0 Å². The van der Waals surface area contributed by atoms with E-state index >= 15 is 0 Å². The second-order valence-electron chi connectivity index (χ2n) is 6.46. The minimum absolute atomic E-state index is 0.0788. The number of alkyl halides is 3. The first-order valence-corrected chi connectivity index (χ1v) is 8.61. The summed E-state index contributed by atoms with van der Waals surface area (Å²) in [5.41, 5.74) is 5.37. The molecule has 0 spiro atoms. The molecule has 6 nitrogen and oxygen atoms in total. The molecule has 0 aromatic heterocycles.